The zero-order valence-corrected chi connectivity index (χ0v) is 14.8. The van der Waals surface area contributed by atoms with Gasteiger partial charge in [0.15, 0.2) is 6.10 Å². The molecule has 26 heavy (non-hydrogen) atoms. The lowest BCUT2D eigenvalue weighted by molar-refractivity contribution is -0.142. The number of aliphatic hydroxyl groups is 1. The maximum atomic E-state index is 12.5. The normalized spacial score (nSPS) is 20.1. The number of methoxy groups -OCH3 is 2. The van der Waals surface area contributed by atoms with Gasteiger partial charge in [0.1, 0.15) is 17.9 Å². The first-order valence-corrected chi connectivity index (χ1v) is 8.25. The summed E-state index contributed by atoms with van der Waals surface area (Å²) < 4.78 is 10.5. The molecule has 134 valence electrons. The summed E-state index contributed by atoms with van der Waals surface area (Å²) in [5, 5.41) is 11.0. The highest BCUT2D eigenvalue weighted by atomic mass is 16.5. The summed E-state index contributed by atoms with van der Waals surface area (Å²) in [6, 6.07) is 15.9. The number of carbonyl (C=O) groups is 1. The van der Waals surface area contributed by atoms with E-state index in [0.29, 0.717) is 17.0 Å². The molecule has 1 fully saturated rings. The molecule has 0 aromatic heterocycles. The fourth-order valence-electron chi connectivity index (χ4n) is 3.24. The van der Waals surface area contributed by atoms with Crippen molar-refractivity contribution in [3.8, 4) is 5.75 Å². The van der Waals surface area contributed by atoms with Crippen LogP contribution in [0.4, 0.5) is 5.69 Å². The second-order valence-electron chi connectivity index (χ2n) is 5.95. The molecule has 1 aliphatic heterocycles. The van der Waals surface area contributed by atoms with E-state index in [-0.39, 0.29) is 5.91 Å². The average molecular weight is 351 g/mol. The molecule has 2 aromatic carbocycles. The van der Waals surface area contributed by atoms with Crippen LogP contribution in [0.2, 0.25) is 0 Å². The molecule has 1 aliphatic rings. The molecule has 2 aromatic rings. The largest absolute Gasteiger partial charge is 0.497 e. The summed E-state index contributed by atoms with van der Waals surface area (Å²) in [5.74, 6) is 0.497. The van der Waals surface area contributed by atoms with Gasteiger partial charge in [0.25, 0.3) is 5.91 Å². The van der Waals surface area contributed by atoms with Crippen LogP contribution in [0.1, 0.15) is 5.56 Å². The number of hydrogen-bond acceptors (Lipinski definition) is 4. The molecule has 0 aliphatic carbocycles. The Labute approximate surface area is 152 Å². The van der Waals surface area contributed by atoms with Crippen LogP contribution < -0.4 is 9.64 Å². The third-order valence-electron chi connectivity index (χ3n) is 4.59. The number of β-lactam (4-membered cyclic amide) rings is 1. The van der Waals surface area contributed by atoms with Gasteiger partial charge in [0.05, 0.1) is 7.11 Å². The van der Waals surface area contributed by atoms with Gasteiger partial charge < -0.3 is 19.5 Å². The van der Waals surface area contributed by atoms with Crippen LogP contribution in [0.3, 0.4) is 0 Å². The zero-order valence-electron chi connectivity index (χ0n) is 14.8. The lowest BCUT2D eigenvalue weighted by atomic mass is 9.85. The van der Waals surface area contributed by atoms with E-state index in [1.165, 1.54) is 7.11 Å². The second-order valence-corrected chi connectivity index (χ2v) is 5.95. The van der Waals surface area contributed by atoms with Gasteiger partial charge in [-0.1, -0.05) is 36.9 Å². The van der Waals surface area contributed by atoms with Crippen molar-refractivity contribution in [2.75, 3.05) is 19.1 Å². The second kappa shape index (κ2) is 7.58. The Morgan fingerprint density at radius 3 is 2.35 bits per heavy atom. The van der Waals surface area contributed by atoms with E-state index in [4.69, 9.17) is 9.47 Å². The quantitative estimate of drug-likeness (QED) is 0.642. The number of nitrogens with zero attached hydrogens (tertiary/aromatic N) is 1. The van der Waals surface area contributed by atoms with Gasteiger partial charge in [0, 0.05) is 18.4 Å². The molecule has 5 nitrogen and oxygen atoms in total. The van der Waals surface area contributed by atoms with Gasteiger partial charge >= 0.3 is 0 Å². The molecule has 0 saturated carbocycles. The smallest absolute Gasteiger partial charge is 0.258 e. The number of hydrogen-bond donors (Lipinski definition) is 1. The predicted octanol–water partition coefficient (Wildman–Crippen LogP) is 2.65. The lowest BCUT2D eigenvalue weighted by Gasteiger charge is -2.48. The topological polar surface area (TPSA) is 59.0 Å². The number of anilines is 1. The highest BCUT2D eigenvalue weighted by Crippen LogP contribution is 2.36. The van der Waals surface area contributed by atoms with E-state index in [1.54, 1.807) is 36.3 Å². The molecule has 0 bridgehead atoms. The number of benzene rings is 2. The van der Waals surface area contributed by atoms with Gasteiger partial charge in [-0.2, -0.15) is 0 Å². The van der Waals surface area contributed by atoms with Gasteiger partial charge in [-0.05, 0) is 29.8 Å². The van der Waals surface area contributed by atoms with Crippen molar-refractivity contribution >= 4 is 17.2 Å². The maximum Gasteiger partial charge on any atom is 0.258 e. The van der Waals surface area contributed by atoms with Crippen molar-refractivity contribution in [1.29, 1.82) is 0 Å². The maximum absolute atomic E-state index is 12.5. The molecule has 1 amide bonds. The minimum atomic E-state index is -0.986. The predicted molar refractivity (Wildman–Crippen MR) is 100 cm³/mol. The van der Waals surface area contributed by atoms with E-state index in [9.17, 15) is 9.90 Å². The van der Waals surface area contributed by atoms with E-state index < -0.39 is 18.2 Å². The van der Waals surface area contributed by atoms with Gasteiger partial charge in [0.2, 0.25) is 0 Å². The number of ether oxygens (including phenoxy) is 2. The standard InChI is InChI=1S/C21H21NO4/c1-4-17(14-8-6-5-7-9-14)19(23)18-20(26-3)21(24)22(18)15-10-12-16(25-2)13-11-15/h5-13,18-20,23H,1H2,2-3H3/t18-,19-,20+/m0/s1. The first kappa shape index (κ1) is 18.0. The van der Waals surface area contributed by atoms with E-state index in [2.05, 4.69) is 12.3 Å². The van der Waals surface area contributed by atoms with E-state index in [1.807, 2.05) is 30.3 Å². The molecule has 5 heteroatoms. The minimum absolute atomic E-state index is 0.196. The van der Waals surface area contributed by atoms with Crippen LogP contribution in [0.15, 0.2) is 66.9 Å². The van der Waals surface area contributed by atoms with Crippen LogP contribution in [-0.2, 0) is 9.53 Å². The van der Waals surface area contributed by atoms with Crippen LogP contribution in [0.25, 0.3) is 5.57 Å². The Morgan fingerprint density at radius 2 is 1.81 bits per heavy atom. The zero-order chi connectivity index (χ0) is 18.7. The van der Waals surface area contributed by atoms with Crippen molar-refractivity contribution < 1.29 is 19.4 Å². The molecule has 0 radical (unpaired) electrons. The molecule has 0 unspecified atom stereocenters. The van der Waals surface area contributed by atoms with Crippen LogP contribution >= 0.6 is 0 Å². The third kappa shape index (κ3) is 3.04. The van der Waals surface area contributed by atoms with Gasteiger partial charge in [-0.3, -0.25) is 4.79 Å². The Bertz CT molecular complexity index is 825. The molecule has 1 saturated heterocycles. The first-order chi connectivity index (χ1) is 12.6. The van der Waals surface area contributed by atoms with Crippen molar-refractivity contribution in [2.45, 2.75) is 18.2 Å². The summed E-state index contributed by atoms with van der Waals surface area (Å²) in [6.45, 7) is 3.71. The molecule has 1 heterocycles. The Kier molecular flexibility index (Phi) is 5.24. The highest BCUT2D eigenvalue weighted by molar-refractivity contribution is 6.05. The molecular weight excluding hydrogens is 330 g/mol. The summed E-state index contributed by atoms with van der Waals surface area (Å²) in [7, 11) is 3.05. The SMILES string of the molecule is C=C=C(c1ccccc1)[C@H](O)[C@H]1[C@@H](OC)C(=O)N1c1ccc(OC)cc1. The number of carbonyl (C=O) groups excluding carboxylic acids is 1. The fourth-order valence-corrected chi connectivity index (χ4v) is 3.24. The van der Waals surface area contributed by atoms with Gasteiger partial charge in [-0.15, -0.1) is 5.73 Å². The fraction of sp³-hybridized carbons (Fsp3) is 0.238. The Balaban J connectivity index is 1.93. The van der Waals surface area contributed by atoms with Crippen LogP contribution in [0, 0.1) is 0 Å². The van der Waals surface area contributed by atoms with Crippen molar-refractivity contribution in [3.63, 3.8) is 0 Å². The van der Waals surface area contributed by atoms with Crippen LogP contribution in [-0.4, -0.2) is 43.5 Å². The monoisotopic (exact) mass is 351 g/mol. The summed E-state index contributed by atoms with van der Waals surface area (Å²) in [5.41, 5.74) is 4.83. The van der Waals surface area contributed by atoms with Crippen molar-refractivity contribution in [1.82, 2.24) is 0 Å². The first-order valence-electron chi connectivity index (χ1n) is 8.25. The Hall–Kier alpha value is -2.85. The molecular formula is C21H21NO4. The third-order valence-corrected chi connectivity index (χ3v) is 4.59. The molecule has 3 atom stereocenters. The highest BCUT2D eigenvalue weighted by Gasteiger charge is 2.53. The minimum Gasteiger partial charge on any atom is -0.497 e. The van der Waals surface area contributed by atoms with Crippen molar-refractivity contribution in [3.05, 3.63) is 72.5 Å². The summed E-state index contributed by atoms with van der Waals surface area (Å²) >= 11 is 0. The number of amides is 1. The molecule has 1 N–H and O–H groups in total. The van der Waals surface area contributed by atoms with Gasteiger partial charge in [-0.25, -0.2) is 0 Å². The van der Waals surface area contributed by atoms with E-state index >= 15 is 0 Å². The molecule has 3 rings (SSSR count). The Morgan fingerprint density at radius 1 is 1.15 bits per heavy atom. The van der Waals surface area contributed by atoms with E-state index in [0.717, 1.165) is 5.56 Å². The number of rotatable bonds is 6. The van der Waals surface area contributed by atoms with Crippen molar-refractivity contribution in [2.24, 2.45) is 0 Å². The summed E-state index contributed by atoms with van der Waals surface area (Å²) in [6.07, 6.45) is -1.71. The summed E-state index contributed by atoms with van der Waals surface area (Å²) in [4.78, 5) is 14.1. The lowest BCUT2D eigenvalue weighted by Crippen LogP contribution is -2.70. The number of aliphatic hydroxyl groups excluding tert-OH is 1. The molecule has 0 spiro atoms. The average Bonchev–Trinajstić information content (AvgIpc) is 2.68. The van der Waals surface area contributed by atoms with Crippen LogP contribution in [0.5, 0.6) is 5.75 Å².